The first-order valence-corrected chi connectivity index (χ1v) is 10.9. The molecule has 0 atom stereocenters. The fourth-order valence-electron chi connectivity index (χ4n) is 3.00. The number of anilines is 1. The van der Waals surface area contributed by atoms with Crippen LogP contribution in [0.15, 0.2) is 53.4 Å². The van der Waals surface area contributed by atoms with Crippen molar-refractivity contribution in [2.24, 2.45) is 0 Å². The molecular formula is C20H25N3O4S. The number of carbonyl (C=O) groups excluding carboxylic acids is 1. The van der Waals surface area contributed by atoms with Crippen LogP contribution >= 0.6 is 0 Å². The molecule has 1 aliphatic heterocycles. The van der Waals surface area contributed by atoms with Crippen LogP contribution in [0.4, 0.5) is 5.69 Å². The first-order valence-electron chi connectivity index (χ1n) is 9.39. The zero-order valence-corrected chi connectivity index (χ0v) is 16.7. The molecule has 2 aromatic carbocycles. The molecule has 8 heteroatoms. The highest BCUT2D eigenvalue weighted by Gasteiger charge is 2.17. The lowest BCUT2D eigenvalue weighted by atomic mass is 10.1. The number of nitrogens with zero attached hydrogens (tertiary/aromatic N) is 1. The number of hydrazine groups is 1. The fourth-order valence-corrected chi connectivity index (χ4v) is 4.06. The average Bonchev–Trinajstić information content (AvgIpc) is 2.70. The summed E-state index contributed by atoms with van der Waals surface area (Å²) in [6.07, 6.45) is 3.31. The van der Waals surface area contributed by atoms with Crippen LogP contribution < -0.4 is 14.9 Å². The summed E-state index contributed by atoms with van der Waals surface area (Å²) in [6.45, 7) is 4.10. The highest BCUT2D eigenvalue weighted by molar-refractivity contribution is 7.92. The third-order valence-corrected chi connectivity index (χ3v) is 5.86. The van der Waals surface area contributed by atoms with Crippen LogP contribution in [0.25, 0.3) is 0 Å². The molecule has 0 spiro atoms. The van der Waals surface area contributed by atoms with Crippen LogP contribution in [-0.4, -0.2) is 39.0 Å². The summed E-state index contributed by atoms with van der Waals surface area (Å²) in [5.74, 6) is 0.444. The molecule has 2 N–H and O–H groups in total. The van der Waals surface area contributed by atoms with Crippen molar-refractivity contribution >= 4 is 21.6 Å². The number of hydrogen-bond donors (Lipinski definition) is 2. The zero-order chi connectivity index (χ0) is 20.0. The normalized spacial score (nSPS) is 15.0. The van der Waals surface area contributed by atoms with E-state index in [1.165, 1.54) is 30.7 Å². The maximum atomic E-state index is 12.6. The molecule has 0 saturated carbocycles. The van der Waals surface area contributed by atoms with Gasteiger partial charge in [-0.2, -0.15) is 0 Å². The number of piperidine rings is 1. The smallest absolute Gasteiger partial charge is 0.265 e. The molecular weight excluding hydrogens is 378 g/mol. The van der Waals surface area contributed by atoms with Crippen LogP contribution in [0.2, 0.25) is 0 Å². The molecule has 7 nitrogen and oxygen atoms in total. The minimum atomic E-state index is -3.74. The monoisotopic (exact) mass is 403 g/mol. The van der Waals surface area contributed by atoms with Gasteiger partial charge >= 0.3 is 0 Å². The Morgan fingerprint density at radius 2 is 1.64 bits per heavy atom. The number of nitrogens with one attached hydrogen (secondary N) is 2. The van der Waals surface area contributed by atoms with Crippen molar-refractivity contribution in [1.29, 1.82) is 0 Å². The van der Waals surface area contributed by atoms with Crippen molar-refractivity contribution < 1.29 is 17.9 Å². The van der Waals surface area contributed by atoms with Crippen molar-refractivity contribution in [2.45, 2.75) is 31.1 Å². The molecule has 0 aliphatic carbocycles. The Kier molecular flexibility index (Phi) is 6.53. The first kappa shape index (κ1) is 20.2. The summed E-state index contributed by atoms with van der Waals surface area (Å²) in [5, 5.41) is 1.91. The number of benzene rings is 2. The molecule has 0 unspecified atom stereocenters. The van der Waals surface area contributed by atoms with E-state index in [2.05, 4.69) is 10.1 Å². The van der Waals surface area contributed by atoms with Crippen molar-refractivity contribution in [3.05, 3.63) is 54.1 Å². The van der Waals surface area contributed by atoms with Crippen molar-refractivity contribution in [1.82, 2.24) is 10.4 Å². The Balaban J connectivity index is 1.64. The SMILES string of the molecule is CCOc1ccc(NS(=O)(=O)c2ccc(C(=O)NN3CCCCC3)cc2)cc1. The summed E-state index contributed by atoms with van der Waals surface area (Å²) in [5.41, 5.74) is 3.73. The quantitative estimate of drug-likeness (QED) is 0.742. The van der Waals surface area contributed by atoms with Gasteiger partial charge in [-0.1, -0.05) is 6.42 Å². The Morgan fingerprint density at radius 1 is 1.00 bits per heavy atom. The Morgan fingerprint density at radius 3 is 2.25 bits per heavy atom. The van der Waals surface area contributed by atoms with Crippen molar-refractivity contribution in [3.8, 4) is 5.75 Å². The van der Waals surface area contributed by atoms with E-state index in [-0.39, 0.29) is 10.8 Å². The Labute approximate surface area is 165 Å². The fraction of sp³-hybridized carbons (Fsp3) is 0.350. The highest BCUT2D eigenvalue weighted by Crippen LogP contribution is 2.20. The number of amides is 1. The van der Waals surface area contributed by atoms with Gasteiger partial charge in [0.25, 0.3) is 15.9 Å². The second kappa shape index (κ2) is 9.07. The summed E-state index contributed by atoms with van der Waals surface area (Å²) in [6, 6.07) is 12.6. The third-order valence-electron chi connectivity index (χ3n) is 4.46. The molecule has 0 radical (unpaired) electrons. The topological polar surface area (TPSA) is 87.7 Å². The Hall–Kier alpha value is -2.58. The van der Waals surface area contributed by atoms with Gasteiger partial charge in [-0.25, -0.2) is 13.4 Å². The number of carbonyl (C=O) groups is 1. The summed E-state index contributed by atoms with van der Waals surface area (Å²) in [7, 11) is -3.74. The predicted octanol–water partition coefficient (Wildman–Crippen LogP) is 3.02. The van der Waals surface area contributed by atoms with E-state index in [9.17, 15) is 13.2 Å². The largest absolute Gasteiger partial charge is 0.494 e. The van der Waals surface area contributed by atoms with Crippen LogP contribution in [0.3, 0.4) is 0 Å². The second-order valence-corrected chi connectivity index (χ2v) is 8.26. The van der Waals surface area contributed by atoms with E-state index >= 15 is 0 Å². The van der Waals surface area contributed by atoms with E-state index in [1.54, 1.807) is 24.3 Å². The van der Waals surface area contributed by atoms with E-state index in [4.69, 9.17) is 4.74 Å². The van der Waals surface area contributed by atoms with Gasteiger partial charge in [0.05, 0.1) is 11.5 Å². The van der Waals surface area contributed by atoms with Gasteiger partial charge in [-0.15, -0.1) is 0 Å². The number of ether oxygens (including phenoxy) is 1. The molecule has 1 fully saturated rings. The number of rotatable bonds is 7. The van der Waals surface area contributed by atoms with Gasteiger partial charge in [0, 0.05) is 24.3 Å². The highest BCUT2D eigenvalue weighted by atomic mass is 32.2. The minimum absolute atomic E-state index is 0.0934. The lowest BCUT2D eigenvalue weighted by Gasteiger charge is -2.26. The van der Waals surface area contributed by atoms with Crippen LogP contribution in [0.1, 0.15) is 36.5 Å². The lowest BCUT2D eigenvalue weighted by Crippen LogP contribution is -2.45. The average molecular weight is 404 g/mol. The van der Waals surface area contributed by atoms with Gasteiger partial charge in [-0.3, -0.25) is 14.9 Å². The molecule has 1 aliphatic rings. The third kappa shape index (κ3) is 5.24. The van der Waals surface area contributed by atoms with Gasteiger partial charge in [0.15, 0.2) is 0 Å². The molecule has 0 bridgehead atoms. The summed E-state index contributed by atoms with van der Waals surface area (Å²) in [4.78, 5) is 12.4. The van der Waals surface area contributed by atoms with E-state index in [1.807, 2.05) is 11.9 Å². The molecule has 150 valence electrons. The summed E-state index contributed by atoms with van der Waals surface area (Å²) < 4.78 is 33.0. The summed E-state index contributed by atoms with van der Waals surface area (Å²) >= 11 is 0. The second-order valence-electron chi connectivity index (χ2n) is 6.58. The maximum absolute atomic E-state index is 12.6. The van der Waals surface area contributed by atoms with E-state index in [0.717, 1.165) is 25.9 Å². The van der Waals surface area contributed by atoms with Crippen LogP contribution in [0.5, 0.6) is 5.75 Å². The van der Waals surface area contributed by atoms with Crippen LogP contribution in [0, 0.1) is 0 Å². The molecule has 3 rings (SSSR count). The number of hydrogen-bond acceptors (Lipinski definition) is 5. The van der Waals surface area contributed by atoms with Crippen molar-refractivity contribution in [3.63, 3.8) is 0 Å². The van der Waals surface area contributed by atoms with Gasteiger partial charge in [-0.05, 0) is 68.3 Å². The minimum Gasteiger partial charge on any atom is -0.494 e. The van der Waals surface area contributed by atoms with Crippen molar-refractivity contribution in [2.75, 3.05) is 24.4 Å². The molecule has 1 saturated heterocycles. The molecule has 1 heterocycles. The van der Waals surface area contributed by atoms with E-state index < -0.39 is 10.0 Å². The van der Waals surface area contributed by atoms with Gasteiger partial charge in [0.2, 0.25) is 0 Å². The van der Waals surface area contributed by atoms with Gasteiger partial charge < -0.3 is 4.74 Å². The van der Waals surface area contributed by atoms with Crippen LogP contribution in [-0.2, 0) is 10.0 Å². The molecule has 28 heavy (non-hydrogen) atoms. The van der Waals surface area contributed by atoms with E-state index in [0.29, 0.717) is 23.6 Å². The Bertz CT molecular complexity index is 890. The molecule has 2 aromatic rings. The lowest BCUT2D eigenvalue weighted by molar-refractivity contribution is 0.0750. The zero-order valence-electron chi connectivity index (χ0n) is 15.8. The first-order chi connectivity index (χ1) is 13.5. The predicted molar refractivity (Wildman–Crippen MR) is 108 cm³/mol. The molecule has 1 amide bonds. The number of sulfonamides is 1. The standard InChI is InChI=1S/C20H25N3O4S/c1-2-27-18-10-8-17(9-11-18)22-28(25,26)19-12-6-16(7-13-19)20(24)21-23-14-4-3-5-15-23/h6-13,22H,2-5,14-15H2,1H3,(H,21,24). The molecule has 0 aromatic heterocycles. The maximum Gasteiger partial charge on any atom is 0.265 e. The van der Waals surface area contributed by atoms with Gasteiger partial charge in [0.1, 0.15) is 5.75 Å².